The van der Waals surface area contributed by atoms with Crippen LogP contribution in [0.1, 0.15) is 35.9 Å². The Morgan fingerprint density at radius 1 is 1.10 bits per heavy atom. The Bertz CT molecular complexity index is 930. The van der Waals surface area contributed by atoms with Crippen molar-refractivity contribution in [3.63, 3.8) is 0 Å². The lowest BCUT2D eigenvalue weighted by Crippen LogP contribution is -1.76. The predicted octanol–water partition coefficient (Wildman–Crippen LogP) is 5.42. The van der Waals surface area contributed by atoms with Crippen molar-refractivity contribution in [2.24, 2.45) is 0 Å². The molecule has 0 saturated heterocycles. The molecular weight excluding hydrogens is 256 g/mol. The number of rotatable bonds is 1. The fraction of sp³-hybridized carbons (Fsp3) is 0.158. The van der Waals surface area contributed by atoms with Crippen LogP contribution in [-0.4, -0.2) is 9.97 Å². The molecule has 0 unspecified atom stereocenters. The first kappa shape index (κ1) is 12.3. The number of fused-ring (bicyclic) bond motifs is 5. The number of aryl methyl sites for hydroxylation is 1. The molecule has 2 aromatic heterocycles. The van der Waals surface area contributed by atoms with Crippen LogP contribution in [0.3, 0.4) is 0 Å². The summed E-state index contributed by atoms with van der Waals surface area (Å²) in [7, 11) is 0. The van der Waals surface area contributed by atoms with Crippen LogP contribution in [-0.2, 0) is 0 Å². The topological polar surface area (TPSA) is 31.6 Å². The van der Waals surface area contributed by atoms with Gasteiger partial charge in [0, 0.05) is 33.2 Å². The van der Waals surface area contributed by atoms with Crippen molar-refractivity contribution in [1.82, 2.24) is 9.97 Å². The van der Waals surface area contributed by atoms with Crippen molar-refractivity contribution in [2.45, 2.75) is 20.3 Å². The molecule has 4 rings (SSSR count). The highest BCUT2D eigenvalue weighted by Crippen LogP contribution is 2.34. The van der Waals surface area contributed by atoms with Crippen molar-refractivity contribution in [2.75, 3.05) is 0 Å². The maximum atomic E-state index is 3.61. The highest BCUT2D eigenvalue weighted by molar-refractivity contribution is 6.11. The normalized spacial score (nSPS) is 14.4. The van der Waals surface area contributed by atoms with Gasteiger partial charge in [-0.1, -0.05) is 30.4 Å². The molecule has 0 radical (unpaired) electrons. The van der Waals surface area contributed by atoms with Gasteiger partial charge in [0.25, 0.3) is 0 Å². The highest BCUT2D eigenvalue weighted by Gasteiger charge is 2.14. The molecule has 0 aliphatic heterocycles. The molecule has 1 aliphatic rings. The summed E-state index contributed by atoms with van der Waals surface area (Å²) in [5.41, 5.74) is 7.43. The van der Waals surface area contributed by atoms with Crippen molar-refractivity contribution in [1.29, 1.82) is 0 Å². The van der Waals surface area contributed by atoms with E-state index in [2.05, 4.69) is 65.5 Å². The number of allylic oxidation sites excluding steroid dienone is 3. The lowest BCUT2D eigenvalue weighted by molar-refractivity contribution is 1.37. The van der Waals surface area contributed by atoms with Crippen LogP contribution in [0, 0.1) is 6.92 Å². The Kier molecular flexibility index (Phi) is 2.64. The summed E-state index contributed by atoms with van der Waals surface area (Å²) in [4.78, 5) is 7.12. The van der Waals surface area contributed by atoms with Crippen molar-refractivity contribution in [3.8, 4) is 0 Å². The third kappa shape index (κ3) is 1.72. The molecule has 0 amide bonds. The fourth-order valence-corrected chi connectivity index (χ4v) is 3.27. The van der Waals surface area contributed by atoms with Gasteiger partial charge < -0.3 is 9.97 Å². The van der Waals surface area contributed by atoms with Gasteiger partial charge in [0.2, 0.25) is 0 Å². The lowest BCUT2D eigenvalue weighted by Gasteiger charge is -1.96. The molecule has 104 valence electrons. The largest absolute Gasteiger partial charge is 0.355 e. The maximum Gasteiger partial charge on any atom is 0.0563 e. The molecule has 2 heteroatoms. The Labute approximate surface area is 123 Å². The third-order valence-electron chi connectivity index (χ3n) is 4.27. The number of aromatic nitrogens is 2. The second kappa shape index (κ2) is 4.52. The number of aromatic amines is 2. The molecule has 0 spiro atoms. The number of benzene rings is 1. The average Bonchev–Trinajstić information content (AvgIpc) is 2.88. The van der Waals surface area contributed by atoms with Crippen LogP contribution in [0.4, 0.5) is 0 Å². The van der Waals surface area contributed by atoms with Crippen molar-refractivity contribution in [3.05, 3.63) is 52.9 Å². The highest BCUT2D eigenvalue weighted by atomic mass is 14.8. The van der Waals surface area contributed by atoms with Crippen molar-refractivity contribution >= 4 is 40.0 Å². The summed E-state index contributed by atoms with van der Waals surface area (Å²) in [6, 6.07) is 4.40. The standard InChI is InChI=1S/C19H18N2/c1-3-7-15-12(2)18-17(20-15)11-10-14-13-8-5-4-6-9-16(13)21-19(14)18/h3,5-11,20-21H,4H2,1-2H3/b7-3-. The molecule has 21 heavy (non-hydrogen) atoms. The predicted molar refractivity (Wildman–Crippen MR) is 92.3 cm³/mol. The van der Waals surface area contributed by atoms with E-state index in [9.17, 15) is 0 Å². The first-order valence-electron chi connectivity index (χ1n) is 7.42. The molecule has 3 aromatic rings. The van der Waals surface area contributed by atoms with E-state index < -0.39 is 0 Å². The monoisotopic (exact) mass is 274 g/mol. The van der Waals surface area contributed by atoms with Gasteiger partial charge in [-0.15, -0.1) is 0 Å². The van der Waals surface area contributed by atoms with E-state index >= 15 is 0 Å². The molecule has 0 saturated carbocycles. The van der Waals surface area contributed by atoms with E-state index in [1.54, 1.807) is 0 Å². The first-order valence-corrected chi connectivity index (χ1v) is 7.42. The average molecular weight is 274 g/mol. The fourth-order valence-electron chi connectivity index (χ4n) is 3.27. The van der Waals surface area contributed by atoms with Gasteiger partial charge in [-0.2, -0.15) is 0 Å². The maximum absolute atomic E-state index is 3.61. The first-order chi connectivity index (χ1) is 10.3. The summed E-state index contributed by atoms with van der Waals surface area (Å²) in [5.74, 6) is 0. The van der Waals surface area contributed by atoms with Crippen LogP contribution in [0.25, 0.3) is 40.0 Å². The van der Waals surface area contributed by atoms with E-state index in [1.165, 1.54) is 44.3 Å². The third-order valence-corrected chi connectivity index (χ3v) is 4.27. The van der Waals surface area contributed by atoms with Gasteiger partial charge in [-0.05, 0) is 44.1 Å². The summed E-state index contributed by atoms with van der Waals surface area (Å²) in [6.45, 7) is 4.23. The second-order valence-electron chi connectivity index (χ2n) is 5.57. The van der Waals surface area contributed by atoms with E-state index in [-0.39, 0.29) is 0 Å². The summed E-state index contributed by atoms with van der Waals surface area (Å²) in [6.07, 6.45) is 14.0. The van der Waals surface area contributed by atoms with Gasteiger partial charge in [0.05, 0.1) is 5.52 Å². The second-order valence-corrected chi connectivity index (χ2v) is 5.57. The zero-order valence-corrected chi connectivity index (χ0v) is 12.3. The Hall–Kier alpha value is -2.48. The number of nitrogens with one attached hydrogen (secondary N) is 2. The molecule has 2 nitrogen and oxygen atoms in total. The summed E-state index contributed by atoms with van der Waals surface area (Å²) < 4.78 is 0. The molecular formula is C19H18N2. The van der Waals surface area contributed by atoms with Crippen LogP contribution < -0.4 is 0 Å². The summed E-state index contributed by atoms with van der Waals surface area (Å²) >= 11 is 0. The quantitative estimate of drug-likeness (QED) is 0.593. The lowest BCUT2D eigenvalue weighted by atomic mass is 10.1. The number of hydrogen-bond donors (Lipinski definition) is 2. The molecule has 0 bridgehead atoms. The molecule has 2 heterocycles. The number of hydrogen-bond acceptors (Lipinski definition) is 0. The van der Waals surface area contributed by atoms with E-state index in [0.29, 0.717) is 0 Å². The SMILES string of the molecule is C/C=C\c1[nH]c2ccc3c4c([nH]c3c2c1C)C=CCC=C4. The van der Waals surface area contributed by atoms with Crippen LogP contribution in [0.2, 0.25) is 0 Å². The molecule has 1 aliphatic carbocycles. The van der Waals surface area contributed by atoms with Gasteiger partial charge in [-0.25, -0.2) is 0 Å². The van der Waals surface area contributed by atoms with Gasteiger partial charge >= 0.3 is 0 Å². The minimum atomic E-state index is 1.00. The molecule has 0 fully saturated rings. The Morgan fingerprint density at radius 2 is 1.95 bits per heavy atom. The Morgan fingerprint density at radius 3 is 2.81 bits per heavy atom. The van der Waals surface area contributed by atoms with Crippen LogP contribution in [0.5, 0.6) is 0 Å². The van der Waals surface area contributed by atoms with Crippen LogP contribution in [0.15, 0.2) is 30.4 Å². The van der Waals surface area contributed by atoms with E-state index in [4.69, 9.17) is 0 Å². The number of H-pyrrole nitrogens is 2. The minimum Gasteiger partial charge on any atom is -0.355 e. The Balaban J connectivity index is 2.13. The molecule has 1 aromatic carbocycles. The zero-order chi connectivity index (χ0) is 14.4. The van der Waals surface area contributed by atoms with Gasteiger partial charge in [0.1, 0.15) is 0 Å². The van der Waals surface area contributed by atoms with Crippen molar-refractivity contribution < 1.29 is 0 Å². The molecule has 0 atom stereocenters. The summed E-state index contributed by atoms with van der Waals surface area (Å²) in [5, 5.41) is 2.60. The minimum absolute atomic E-state index is 1.00. The van der Waals surface area contributed by atoms with E-state index in [0.717, 1.165) is 6.42 Å². The zero-order valence-electron chi connectivity index (χ0n) is 12.3. The van der Waals surface area contributed by atoms with Gasteiger partial charge in [-0.3, -0.25) is 0 Å². The van der Waals surface area contributed by atoms with E-state index in [1.807, 2.05) is 6.92 Å². The molecule has 2 N–H and O–H groups in total. The van der Waals surface area contributed by atoms with Crippen LogP contribution >= 0.6 is 0 Å². The smallest absolute Gasteiger partial charge is 0.0563 e. The van der Waals surface area contributed by atoms with Gasteiger partial charge in [0.15, 0.2) is 0 Å².